The second kappa shape index (κ2) is 3.67. The van der Waals surface area contributed by atoms with Crippen LogP contribution in [0.2, 0.25) is 0 Å². The first-order chi connectivity index (χ1) is 4.71. The molecule has 0 rings (SSSR count). The second-order valence-electron chi connectivity index (χ2n) is 5.13. The van der Waals surface area contributed by atoms with E-state index in [1.165, 1.54) is 8.37 Å². The van der Waals surface area contributed by atoms with E-state index < -0.39 is 0 Å². The van der Waals surface area contributed by atoms with Gasteiger partial charge in [-0.3, -0.25) is 4.74 Å². The maximum atomic E-state index is 4.51. The van der Waals surface area contributed by atoms with Crippen molar-refractivity contribution in [1.29, 1.82) is 0 Å². The van der Waals surface area contributed by atoms with Crippen molar-refractivity contribution >= 4 is 8.37 Å². The Morgan fingerprint density at radius 2 is 1.45 bits per heavy atom. The van der Waals surface area contributed by atoms with E-state index in [1.807, 2.05) is 0 Å². The summed E-state index contributed by atoms with van der Waals surface area (Å²) in [5.74, 6) is 0. The quantitative estimate of drug-likeness (QED) is 0.532. The zero-order valence-electron chi connectivity index (χ0n) is 8.60. The van der Waals surface area contributed by atoms with Crippen molar-refractivity contribution in [1.82, 2.24) is 0 Å². The van der Waals surface area contributed by atoms with Gasteiger partial charge in [-0.05, 0) is 26.2 Å². The molecule has 0 aromatic carbocycles. The molecule has 0 aromatic rings. The predicted octanol–water partition coefficient (Wildman–Crippen LogP) is 3.96. The van der Waals surface area contributed by atoms with Crippen LogP contribution in [0.1, 0.15) is 41.5 Å². The average molecular weight is 173 g/mol. The second-order valence-corrected chi connectivity index (χ2v) is 5.93. The van der Waals surface area contributed by atoms with Crippen LogP contribution in [0.25, 0.3) is 0 Å². The van der Waals surface area contributed by atoms with Crippen molar-refractivity contribution in [2.24, 2.45) is 10.2 Å². The van der Waals surface area contributed by atoms with Crippen LogP contribution in [-0.4, -0.2) is 11.7 Å². The van der Waals surface area contributed by atoms with Gasteiger partial charge in [-0.25, -0.2) is 0 Å². The van der Waals surface area contributed by atoms with Gasteiger partial charge >= 0.3 is 0 Å². The van der Waals surface area contributed by atoms with E-state index in [4.69, 9.17) is 0 Å². The van der Waals surface area contributed by atoms with Gasteiger partial charge in [0, 0.05) is 14.5 Å². The molecule has 1 nitrogen and oxygen atoms in total. The molecule has 11 heavy (non-hydrogen) atoms. The highest BCUT2D eigenvalue weighted by atomic mass is 31.1. The molecule has 0 fully saturated rings. The van der Waals surface area contributed by atoms with E-state index in [0.29, 0.717) is 5.41 Å². The van der Waals surface area contributed by atoms with Crippen LogP contribution in [0.5, 0.6) is 0 Å². The highest BCUT2D eigenvalue weighted by molar-refractivity contribution is 7.26. The average Bonchev–Trinajstić information content (AvgIpc) is 1.55. The van der Waals surface area contributed by atoms with Crippen molar-refractivity contribution in [2.45, 2.75) is 47.1 Å². The first-order valence-corrected chi connectivity index (χ1v) is 5.13. The molecule has 0 aliphatic rings. The van der Waals surface area contributed by atoms with Gasteiger partial charge in [0.2, 0.25) is 0 Å². The molecule has 2 heteroatoms. The SMILES string of the molecule is CC(C)(C)CP=NC(C)(C)C. The Bertz CT molecular complexity index is 137. The lowest BCUT2D eigenvalue weighted by Crippen LogP contribution is -2.09. The van der Waals surface area contributed by atoms with E-state index in [-0.39, 0.29) is 5.54 Å². The summed E-state index contributed by atoms with van der Waals surface area (Å²) in [6.45, 7) is 13.2. The largest absolute Gasteiger partial charge is 0.263 e. The van der Waals surface area contributed by atoms with E-state index in [1.54, 1.807) is 0 Å². The molecule has 0 bridgehead atoms. The van der Waals surface area contributed by atoms with E-state index >= 15 is 0 Å². The Labute approximate surface area is 72.5 Å². The summed E-state index contributed by atoms with van der Waals surface area (Å²) >= 11 is 0. The van der Waals surface area contributed by atoms with Gasteiger partial charge in [-0.15, -0.1) is 0 Å². The topological polar surface area (TPSA) is 12.4 Å². The summed E-state index contributed by atoms with van der Waals surface area (Å²) in [7, 11) is 1.23. The number of nitrogens with zero attached hydrogens (tertiary/aromatic N) is 1. The maximum Gasteiger partial charge on any atom is 0.0567 e. The Balaban J connectivity index is 3.80. The van der Waals surface area contributed by atoms with Crippen LogP contribution in [0.4, 0.5) is 0 Å². The molecule has 0 aliphatic carbocycles. The summed E-state index contributed by atoms with van der Waals surface area (Å²) in [5, 5.41) is 0. The van der Waals surface area contributed by atoms with Gasteiger partial charge in [0.15, 0.2) is 0 Å². The number of rotatable bonds is 1. The molecule has 0 saturated heterocycles. The standard InChI is InChI=1S/C9H20NP/c1-8(2,3)7-11-10-9(4,5)6/h7H2,1-6H3. The third-order valence-electron chi connectivity index (χ3n) is 0.916. The van der Waals surface area contributed by atoms with Gasteiger partial charge in [-0.1, -0.05) is 20.8 Å². The van der Waals surface area contributed by atoms with Crippen LogP contribution >= 0.6 is 8.37 Å². The molecule has 66 valence electrons. The minimum atomic E-state index is 0.132. The van der Waals surface area contributed by atoms with Crippen LogP contribution < -0.4 is 0 Å². The highest BCUT2D eigenvalue weighted by Crippen LogP contribution is 2.23. The fourth-order valence-corrected chi connectivity index (χ4v) is 1.38. The zero-order chi connectivity index (χ0) is 9.12. The van der Waals surface area contributed by atoms with Gasteiger partial charge < -0.3 is 0 Å². The fourth-order valence-electron chi connectivity index (χ4n) is 0.460. The summed E-state index contributed by atoms with van der Waals surface area (Å²) in [4.78, 5) is 0. The minimum absolute atomic E-state index is 0.132. The lowest BCUT2D eigenvalue weighted by Gasteiger charge is -2.15. The zero-order valence-corrected chi connectivity index (χ0v) is 9.50. The maximum absolute atomic E-state index is 4.51. The number of hydrogen-bond acceptors (Lipinski definition) is 1. The van der Waals surface area contributed by atoms with E-state index in [9.17, 15) is 0 Å². The van der Waals surface area contributed by atoms with Crippen LogP contribution in [0, 0.1) is 5.41 Å². The molecule has 0 unspecified atom stereocenters. The molecule has 0 aromatic heterocycles. The minimum Gasteiger partial charge on any atom is -0.263 e. The molecule has 0 radical (unpaired) electrons. The number of hydrogen-bond donors (Lipinski definition) is 0. The normalized spacial score (nSPS) is 14.4. The third-order valence-corrected chi connectivity index (χ3v) is 2.75. The monoisotopic (exact) mass is 173 g/mol. The molecule has 0 atom stereocenters. The third kappa shape index (κ3) is 10.1. The van der Waals surface area contributed by atoms with Crippen molar-refractivity contribution in [3.05, 3.63) is 0 Å². The fraction of sp³-hybridized carbons (Fsp3) is 1.00. The van der Waals surface area contributed by atoms with E-state index in [2.05, 4.69) is 46.3 Å². The summed E-state index contributed by atoms with van der Waals surface area (Å²) in [6, 6.07) is 0. The van der Waals surface area contributed by atoms with Crippen molar-refractivity contribution in [3.63, 3.8) is 0 Å². The lowest BCUT2D eigenvalue weighted by atomic mass is 10.0. The summed E-state index contributed by atoms with van der Waals surface area (Å²) in [5.41, 5.74) is 0.545. The van der Waals surface area contributed by atoms with Crippen molar-refractivity contribution < 1.29 is 0 Å². The van der Waals surface area contributed by atoms with Crippen LogP contribution in [0.15, 0.2) is 4.74 Å². The molecular formula is C9H20NP. The molecule has 0 aliphatic heterocycles. The molecule has 0 amide bonds. The van der Waals surface area contributed by atoms with E-state index in [0.717, 1.165) is 6.16 Å². The van der Waals surface area contributed by atoms with Gasteiger partial charge in [-0.2, -0.15) is 0 Å². The van der Waals surface area contributed by atoms with Gasteiger partial charge in [0.1, 0.15) is 0 Å². The first-order valence-electron chi connectivity index (χ1n) is 4.09. The van der Waals surface area contributed by atoms with Gasteiger partial charge in [0.05, 0.1) is 5.54 Å². The molecule has 0 spiro atoms. The van der Waals surface area contributed by atoms with Crippen molar-refractivity contribution in [3.8, 4) is 0 Å². The Hall–Kier alpha value is 0.100. The van der Waals surface area contributed by atoms with Crippen LogP contribution in [0.3, 0.4) is 0 Å². The van der Waals surface area contributed by atoms with Gasteiger partial charge in [0.25, 0.3) is 0 Å². The van der Waals surface area contributed by atoms with Crippen LogP contribution in [-0.2, 0) is 0 Å². The summed E-state index contributed by atoms with van der Waals surface area (Å²) < 4.78 is 4.51. The predicted molar refractivity (Wildman–Crippen MR) is 53.4 cm³/mol. The Kier molecular flexibility index (Phi) is 3.70. The first kappa shape index (κ1) is 11.1. The molecular weight excluding hydrogens is 153 g/mol. The Morgan fingerprint density at radius 1 is 1.00 bits per heavy atom. The molecule has 0 N–H and O–H groups in total. The van der Waals surface area contributed by atoms with Crippen molar-refractivity contribution in [2.75, 3.05) is 6.16 Å². The summed E-state index contributed by atoms with van der Waals surface area (Å²) in [6.07, 6.45) is 1.16. The molecule has 0 heterocycles. The lowest BCUT2D eigenvalue weighted by molar-refractivity contribution is 0.478. The Morgan fingerprint density at radius 3 is 1.73 bits per heavy atom. The highest BCUT2D eigenvalue weighted by Gasteiger charge is 2.10. The molecule has 0 saturated carbocycles. The smallest absolute Gasteiger partial charge is 0.0567 e.